The van der Waals surface area contributed by atoms with Crippen molar-refractivity contribution >= 4 is 29.1 Å². The second-order valence-corrected chi connectivity index (χ2v) is 8.15. The van der Waals surface area contributed by atoms with Gasteiger partial charge in [0.15, 0.2) is 5.75 Å². The number of nitrogens with zero attached hydrogens (tertiary/aromatic N) is 1. The Kier molecular flexibility index (Phi) is 7.15. The molecule has 6 nitrogen and oxygen atoms in total. The van der Waals surface area contributed by atoms with E-state index in [1.165, 1.54) is 0 Å². The zero-order valence-electron chi connectivity index (χ0n) is 18.3. The molecular weight excluding hydrogens is 440 g/mol. The van der Waals surface area contributed by atoms with Gasteiger partial charge in [0.05, 0.1) is 12.3 Å². The minimum Gasteiger partial charge on any atom is -0.494 e. The van der Waals surface area contributed by atoms with Crippen molar-refractivity contribution in [2.45, 2.75) is 26.3 Å². The summed E-state index contributed by atoms with van der Waals surface area (Å²) < 4.78 is 11.4. The van der Waals surface area contributed by atoms with E-state index in [0.29, 0.717) is 47.3 Å². The van der Waals surface area contributed by atoms with Gasteiger partial charge in [0.2, 0.25) is 5.91 Å². The quantitative estimate of drug-likeness (QED) is 0.450. The molecule has 0 aromatic heterocycles. The number of amides is 2. The molecule has 3 aromatic rings. The van der Waals surface area contributed by atoms with Crippen LogP contribution in [0.4, 0.5) is 5.69 Å². The molecule has 170 valence electrons. The van der Waals surface area contributed by atoms with Crippen molar-refractivity contribution < 1.29 is 19.1 Å². The third-order valence-electron chi connectivity index (χ3n) is 5.31. The standard InChI is InChI=1S/C26H25ClN2O4/c1-2-32-21-10-12-22(13-11-21)33-24-14-9-20(27)16-23(24)28-26(31)19-7-5-18(6-8-19)17-29-15-3-4-25(29)30/h5-14,16H,2-4,15,17H2,1H3,(H,28,31). The number of nitrogens with one attached hydrogen (secondary N) is 1. The SMILES string of the molecule is CCOc1ccc(Oc2ccc(Cl)cc2NC(=O)c2ccc(CN3CCCC3=O)cc2)cc1. The van der Waals surface area contributed by atoms with Crippen molar-refractivity contribution in [2.75, 3.05) is 18.5 Å². The molecular formula is C26H25ClN2O4. The normalized spacial score (nSPS) is 13.2. The summed E-state index contributed by atoms with van der Waals surface area (Å²) in [6.07, 6.45) is 1.52. The number of rotatable bonds is 8. The van der Waals surface area contributed by atoms with Crippen LogP contribution in [0, 0.1) is 0 Å². The molecule has 1 aliphatic heterocycles. The van der Waals surface area contributed by atoms with Gasteiger partial charge in [-0.3, -0.25) is 9.59 Å². The Morgan fingerprint density at radius 3 is 2.42 bits per heavy atom. The molecule has 1 heterocycles. The van der Waals surface area contributed by atoms with E-state index in [1.807, 2.05) is 36.1 Å². The Morgan fingerprint density at radius 2 is 1.76 bits per heavy atom. The summed E-state index contributed by atoms with van der Waals surface area (Å²) in [4.78, 5) is 26.5. The van der Waals surface area contributed by atoms with Gasteiger partial charge in [-0.05, 0) is 73.5 Å². The number of carbonyl (C=O) groups excluding carboxylic acids is 2. The monoisotopic (exact) mass is 464 g/mol. The molecule has 0 spiro atoms. The summed E-state index contributed by atoms with van der Waals surface area (Å²) in [5.41, 5.74) is 1.95. The summed E-state index contributed by atoms with van der Waals surface area (Å²) in [7, 11) is 0. The summed E-state index contributed by atoms with van der Waals surface area (Å²) in [5, 5.41) is 3.36. The molecule has 0 aliphatic carbocycles. The van der Waals surface area contributed by atoms with Gasteiger partial charge in [-0.1, -0.05) is 23.7 Å². The molecule has 1 aliphatic rings. The molecule has 0 radical (unpaired) electrons. The van der Waals surface area contributed by atoms with Crippen molar-refractivity contribution in [3.8, 4) is 17.2 Å². The van der Waals surface area contributed by atoms with Gasteiger partial charge in [0.25, 0.3) is 5.91 Å². The molecule has 0 saturated carbocycles. The number of ether oxygens (including phenoxy) is 2. The van der Waals surface area contributed by atoms with Crippen molar-refractivity contribution in [2.24, 2.45) is 0 Å². The highest BCUT2D eigenvalue weighted by molar-refractivity contribution is 6.31. The lowest BCUT2D eigenvalue weighted by molar-refractivity contribution is -0.128. The van der Waals surface area contributed by atoms with Crippen LogP contribution in [0.1, 0.15) is 35.7 Å². The lowest BCUT2D eigenvalue weighted by Gasteiger charge is -2.16. The van der Waals surface area contributed by atoms with E-state index in [0.717, 1.165) is 24.3 Å². The van der Waals surface area contributed by atoms with Gasteiger partial charge in [-0.25, -0.2) is 0 Å². The topological polar surface area (TPSA) is 67.9 Å². The summed E-state index contributed by atoms with van der Waals surface area (Å²) in [5.74, 6) is 1.74. The Hall–Kier alpha value is -3.51. The van der Waals surface area contributed by atoms with Crippen LogP contribution in [0.5, 0.6) is 17.2 Å². The second kappa shape index (κ2) is 10.4. The zero-order chi connectivity index (χ0) is 23.2. The zero-order valence-corrected chi connectivity index (χ0v) is 19.1. The van der Waals surface area contributed by atoms with Gasteiger partial charge in [-0.2, -0.15) is 0 Å². The van der Waals surface area contributed by atoms with Crippen LogP contribution < -0.4 is 14.8 Å². The molecule has 4 rings (SSSR count). The molecule has 0 atom stereocenters. The van der Waals surface area contributed by atoms with Crippen LogP contribution in [0.2, 0.25) is 5.02 Å². The lowest BCUT2D eigenvalue weighted by atomic mass is 10.1. The minimum absolute atomic E-state index is 0.179. The highest BCUT2D eigenvalue weighted by Crippen LogP contribution is 2.33. The van der Waals surface area contributed by atoms with Gasteiger partial charge >= 0.3 is 0 Å². The smallest absolute Gasteiger partial charge is 0.255 e. The highest BCUT2D eigenvalue weighted by Gasteiger charge is 2.20. The van der Waals surface area contributed by atoms with Crippen molar-refractivity contribution in [3.63, 3.8) is 0 Å². The first-order valence-electron chi connectivity index (χ1n) is 10.9. The molecule has 0 bridgehead atoms. The van der Waals surface area contributed by atoms with Crippen LogP contribution in [-0.4, -0.2) is 29.9 Å². The van der Waals surface area contributed by atoms with Crippen molar-refractivity contribution in [1.82, 2.24) is 4.90 Å². The van der Waals surface area contributed by atoms with Gasteiger partial charge < -0.3 is 19.7 Å². The number of carbonyl (C=O) groups is 2. The predicted molar refractivity (Wildman–Crippen MR) is 128 cm³/mol. The Balaban J connectivity index is 1.45. The van der Waals surface area contributed by atoms with Crippen LogP contribution in [0.25, 0.3) is 0 Å². The molecule has 33 heavy (non-hydrogen) atoms. The first-order valence-corrected chi connectivity index (χ1v) is 11.3. The maximum atomic E-state index is 12.9. The van der Waals surface area contributed by atoms with Crippen LogP contribution in [0.15, 0.2) is 66.7 Å². The van der Waals surface area contributed by atoms with E-state index in [4.69, 9.17) is 21.1 Å². The Labute approximate surface area is 198 Å². The first-order chi connectivity index (χ1) is 16.0. The van der Waals surface area contributed by atoms with Crippen molar-refractivity contribution in [3.05, 3.63) is 82.9 Å². The van der Waals surface area contributed by atoms with Gasteiger partial charge in [0.1, 0.15) is 11.5 Å². The maximum Gasteiger partial charge on any atom is 0.255 e. The van der Waals surface area contributed by atoms with E-state index in [9.17, 15) is 9.59 Å². The van der Waals surface area contributed by atoms with E-state index in [1.54, 1.807) is 42.5 Å². The fourth-order valence-corrected chi connectivity index (χ4v) is 3.81. The van der Waals surface area contributed by atoms with E-state index in [2.05, 4.69) is 5.32 Å². The molecule has 7 heteroatoms. The number of benzene rings is 3. The van der Waals surface area contributed by atoms with Crippen LogP contribution in [0.3, 0.4) is 0 Å². The third-order valence-corrected chi connectivity index (χ3v) is 5.55. The summed E-state index contributed by atoms with van der Waals surface area (Å²) >= 11 is 6.16. The molecule has 1 N–H and O–H groups in total. The third kappa shape index (κ3) is 5.84. The fourth-order valence-electron chi connectivity index (χ4n) is 3.63. The van der Waals surface area contributed by atoms with E-state index >= 15 is 0 Å². The fraction of sp³-hybridized carbons (Fsp3) is 0.231. The molecule has 1 fully saturated rings. The highest BCUT2D eigenvalue weighted by atomic mass is 35.5. The van der Waals surface area contributed by atoms with Crippen LogP contribution in [-0.2, 0) is 11.3 Å². The predicted octanol–water partition coefficient (Wildman–Crippen LogP) is 5.91. The second-order valence-electron chi connectivity index (χ2n) is 7.72. The van der Waals surface area contributed by atoms with Crippen molar-refractivity contribution in [1.29, 1.82) is 0 Å². The average molecular weight is 465 g/mol. The largest absolute Gasteiger partial charge is 0.494 e. The average Bonchev–Trinajstić information content (AvgIpc) is 3.22. The van der Waals surface area contributed by atoms with Crippen LogP contribution >= 0.6 is 11.6 Å². The van der Waals surface area contributed by atoms with E-state index < -0.39 is 0 Å². The first kappa shape index (κ1) is 22.7. The molecule has 0 unspecified atom stereocenters. The minimum atomic E-state index is -0.280. The number of anilines is 1. The lowest BCUT2D eigenvalue weighted by Crippen LogP contribution is -2.23. The van der Waals surface area contributed by atoms with Gasteiger partial charge in [-0.15, -0.1) is 0 Å². The van der Waals surface area contributed by atoms with Gasteiger partial charge in [0, 0.05) is 30.1 Å². The molecule has 2 amide bonds. The number of hydrogen-bond acceptors (Lipinski definition) is 4. The Bertz CT molecular complexity index is 1130. The number of likely N-dealkylation sites (tertiary alicyclic amines) is 1. The molecule has 1 saturated heterocycles. The number of halogens is 1. The maximum absolute atomic E-state index is 12.9. The summed E-state index contributed by atoms with van der Waals surface area (Å²) in [6.45, 7) is 3.86. The van der Waals surface area contributed by atoms with E-state index in [-0.39, 0.29) is 11.8 Å². The Morgan fingerprint density at radius 1 is 1.03 bits per heavy atom. The summed E-state index contributed by atoms with van der Waals surface area (Å²) in [6, 6.07) is 19.6. The number of hydrogen-bond donors (Lipinski definition) is 1. The molecule has 3 aromatic carbocycles.